The number of primary amides is 1. The van der Waals surface area contributed by atoms with E-state index in [1.54, 1.807) is 6.92 Å². The van der Waals surface area contributed by atoms with Crippen LogP contribution in [0.5, 0.6) is 0 Å². The van der Waals surface area contributed by atoms with Crippen molar-refractivity contribution in [3.05, 3.63) is 22.7 Å². The smallest absolute Gasteiger partial charge is 0.255 e. The van der Waals surface area contributed by atoms with Crippen molar-refractivity contribution in [3.63, 3.8) is 0 Å². The molecule has 0 heterocycles. The Morgan fingerprint density at radius 2 is 1.85 bits per heavy atom. The summed E-state index contributed by atoms with van der Waals surface area (Å²) in [5.41, 5.74) is 1.46. The minimum Gasteiger partial charge on any atom is -0.510 e. The van der Waals surface area contributed by atoms with Gasteiger partial charge >= 0.3 is 0 Å². The SMILES string of the molecule is CC1CCC(=O)C2=C(O)[C@]3(O)C(=O)C(C(N)=O)=C(O)C(N(C)C)C3C(O)C21. The molecule has 9 nitrogen and oxygen atoms in total. The van der Waals surface area contributed by atoms with Crippen LogP contribution in [0.2, 0.25) is 0 Å². The van der Waals surface area contributed by atoms with Crippen molar-refractivity contribution in [1.29, 1.82) is 0 Å². The average molecular weight is 380 g/mol. The van der Waals surface area contributed by atoms with E-state index in [1.165, 1.54) is 19.0 Å². The maximum atomic E-state index is 12.9. The van der Waals surface area contributed by atoms with Gasteiger partial charge in [0.1, 0.15) is 17.1 Å². The van der Waals surface area contributed by atoms with Crippen LogP contribution in [-0.4, -0.2) is 74.6 Å². The number of ketones is 2. The van der Waals surface area contributed by atoms with Crippen molar-refractivity contribution < 1.29 is 34.8 Å². The lowest BCUT2D eigenvalue weighted by Gasteiger charge is -2.53. The Labute approximate surface area is 155 Å². The zero-order chi connectivity index (χ0) is 20.4. The third-order valence-electron chi connectivity index (χ3n) is 6.16. The van der Waals surface area contributed by atoms with Crippen LogP contribution in [0.25, 0.3) is 0 Å². The molecule has 6 N–H and O–H groups in total. The molecule has 148 valence electrons. The van der Waals surface area contributed by atoms with Gasteiger partial charge < -0.3 is 26.2 Å². The molecule has 6 atom stereocenters. The molecular weight excluding hydrogens is 356 g/mol. The molecule has 3 rings (SSSR count). The van der Waals surface area contributed by atoms with Crippen LogP contribution in [0.4, 0.5) is 0 Å². The van der Waals surface area contributed by atoms with Crippen LogP contribution in [-0.2, 0) is 14.4 Å². The summed E-state index contributed by atoms with van der Waals surface area (Å²) in [7, 11) is 3.04. The zero-order valence-corrected chi connectivity index (χ0v) is 15.3. The van der Waals surface area contributed by atoms with Gasteiger partial charge in [0.15, 0.2) is 11.4 Å². The van der Waals surface area contributed by atoms with E-state index in [0.29, 0.717) is 6.42 Å². The van der Waals surface area contributed by atoms with E-state index < -0.39 is 64.1 Å². The molecule has 0 aromatic heterocycles. The third-order valence-corrected chi connectivity index (χ3v) is 6.16. The molecule has 0 aromatic carbocycles. The van der Waals surface area contributed by atoms with E-state index >= 15 is 0 Å². The lowest BCUT2D eigenvalue weighted by molar-refractivity contribution is -0.165. The number of nitrogens with zero attached hydrogens (tertiary/aromatic N) is 1. The summed E-state index contributed by atoms with van der Waals surface area (Å²) in [5, 5.41) is 43.7. The van der Waals surface area contributed by atoms with Crippen molar-refractivity contribution >= 4 is 17.5 Å². The number of likely N-dealkylation sites (N-methyl/N-ethyl adjacent to an activating group) is 1. The number of carbonyl (C=O) groups is 3. The summed E-state index contributed by atoms with van der Waals surface area (Å²) in [6.45, 7) is 1.80. The summed E-state index contributed by atoms with van der Waals surface area (Å²) in [4.78, 5) is 38.5. The Hall–Kier alpha value is -2.23. The van der Waals surface area contributed by atoms with Crippen molar-refractivity contribution in [2.45, 2.75) is 37.5 Å². The monoisotopic (exact) mass is 380 g/mol. The molecule has 0 bridgehead atoms. The van der Waals surface area contributed by atoms with Gasteiger partial charge in [0.05, 0.1) is 18.1 Å². The Balaban J connectivity index is 2.35. The van der Waals surface area contributed by atoms with Gasteiger partial charge in [-0.25, -0.2) is 0 Å². The second-order valence-electron chi connectivity index (χ2n) is 7.87. The van der Waals surface area contributed by atoms with Gasteiger partial charge in [-0.15, -0.1) is 0 Å². The standard InChI is InChI=1S/C18H24N2O7/c1-6-4-5-7(21)9-8(6)13(22)11-12(20(2)3)14(23)10(17(19)26)16(25)18(11,27)15(9)24/h6,8,11-13,22-24,27H,4-5H2,1-3H3,(H2,19,26)/t6?,8?,11?,12?,13?,18-/m0/s1. The molecule has 9 heteroatoms. The molecule has 3 aliphatic carbocycles. The Kier molecular flexibility index (Phi) is 4.45. The first-order valence-electron chi connectivity index (χ1n) is 8.77. The van der Waals surface area contributed by atoms with Gasteiger partial charge in [0.2, 0.25) is 5.78 Å². The van der Waals surface area contributed by atoms with Gasteiger partial charge in [0, 0.05) is 17.9 Å². The number of hydrogen-bond acceptors (Lipinski definition) is 8. The predicted molar refractivity (Wildman–Crippen MR) is 92.3 cm³/mol. The van der Waals surface area contributed by atoms with Crippen molar-refractivity contribution in [1.82, 2.24) is 4.90 Å². The number of hydrogen-bond donors (Lipinski definition) is 5. The average Bonchev–Trinajstić information content (AvgIpc) is 2.56. The molecule has 1 saturated carbocycles. The molecule has 5 unspecified atom stereocenters. The quantitative estimate of drug-likeness (QED) is 0.379. The van der Waals surface area contributed by atoms with Gasteiger partial charge in [-0.05, 0) is 26.4 Å². The van der Waals surface area contributed by atoms with Crippen molar-refractivity contribution in [2.24, 2.45) is 23.5 Å². The first-order chi connectivity index (χ1) is 12.5. The maximum Gasteiger partial charge on any atom is 0.255 e. The number of fused-ring (bicyclic) bond motifs is 2. The highest BCUT2D eigenvalue weighted by molar-refractivity contribution is 6.24. The van der Waals surface area contributed by atoms with Crippen LogP contribution in [0.3, 0.4) is 0 Å². The number of nitrogens with two attached hydrogens (primary N) is 1. The summed E-state index contributed by atoms with van der Waals surface area (Å²) in [6, 6.07) is -1.17. The summed E-state index contributed by atoms with van der Waals surface area (Å²) < 4.78 is 0. The molecule has 1 fully saturated rings. The summed E-state index contributed by atoms with van der Waals surface area (Å²) in [6.07, 6.45) is -0.815. The van der Waals surface area contributed by atoms with Gasteiger partial charge in [-0.2, -0.15) is 0 Å². The Morgan fingerprint density at radius 3 is 2.37 bits per heavy atom. The first-order valence-corrected chi connectivity index (χ1v) is 8.77. The van der Waals surface area contributed by atoms with E-state index in [0.717, 1.165) is 0 Å². The fourth-order valence-corrected chi connectivity index (χ4v) is 4.88. The highest BCUT2D eigenvalue weighted by Gasteiger charge is 2.66. The van der Waals surface area contributed by atoms with Crippen molar-refractivity contribution in [2.75, 3.05) is 14.1 Å². The second-order valence-corrected chi connectivity index (χ2v) is 7.87. The lowest BCUT2D eigenvalue weighted by Crippen LogP contribution is -2.68. The summed E-state index contributed by atoms with van der Waals surface area (Å²) in [5.74, 6) is -6.95. The maximum absolute atomic E-state index is 12.9. The number of aliphatic hydroxyl groups excluding tert-OH is 3. The van der Waals surface area contributed by atoms with E-state index in [-0.39, 0.29) is 17.9 Å². The molecule has 0 radical (unpaired) electrons. The van der Waals surface area contributed by atoms with E-state index in [9.17, 15) is 34.8 Å². The fraction of sp³-hybridized carbons (Fsp3) is 0.611. The normalized spacial score (nSPS) is 39.6. The van der Waals surface area contributed by atoms with Gasteiger partial charge in [-0.3, -0.25) is 19.3 Å². The molecule has 0 spiro atoms. The number of Topliss-reactive ketones (excluding diaryl/α,β-unsaturated/α-hetero) is 2. The van der Waals surface area contributed by atoms with Crippen LogP contribution < -0.4 is 5.73 Å². The van der Waals surface area contributed by atoms with Gasteiger partial charge in [-0.1, -0.05) is 6.92 Å². The van der Waals surface area contributed by atoms with Gasteiger partial charge in [0.25, 0.3) is 5.91 Å². The minimum atomic E-state index is -2.73. The van der Waals surface area contributed by atoms with Crippen LogP contribution >= 0.6 is 0 Å². The van der Waals surface area contributed by atoms with Crippen LogP contribution in [0, 0.1) is 17.8 Å². The highest BCUT2D eigenvalue weighted by atomic mass is 16.4. The van der Waals surface area contributed by atoms with Crippen molar-refractivity contribution in [3.8, 4) is 0 Å². The zero-order valence-electron chi connectivity index (χ0n) is 15.3. The number of rotatable bonds is 2. The molecule has 3 aliphatic rings. The molecule has 0 aliphatic heterocycles. The number of amides is 1. The molecule has 0 aromatic rings. The largest absolute Gasteiger partial charge is 0.510 e. The number of carbonyl (C=O) groups excluding carboxylic acids is 3. The molecule has 1 amide bonds. The molecule has 27 heavy (non-hydrogen) atoms. The minimum absolute atomic E-state index is 0.111. The topological polar surface area (TPSA) is 161 Å². The Morgan fingerprint density at radius 1 is 1.26 bits per heavy atom. The lowest BCUT2D eigenvalue weighted by atomic mass is 9.56. The predicted octanol–water partition coefficient (Wildman–Crippen LogP) is -1.05. The summed E-state index contributed by atoms with van der Waals surface area (Å²) >= 11 is 0. The van der Waals surface area contributed by atoms with Crippen LogP contribution in [0.15, 0.2) is 22.7 Å². The third kappa shape index (κ3) is 2.38. The highest BCUT2D eigenvalue weighted by Crippen LogP contribution is 2.52. The Bertz CT molecular complexity index is 800. The van der Waals surface area contributed by atoms with E-state index in [2.05, 4.69) is 0 Å². The van der Waals surface area contributed by atoms with Crippen LogP contribution in [0.1, 0.15) is 19.8 Å². The second kappa shape index (κ2) is 6.15. The van der Waals surface area contributed by atoms with E-state index in [4.69, 9.17) is 5.73 Å². The number of aliphatic hydroxyl groups is 4. The first kappa shape index (κ1) is 19.5. The van der Waals surface area contributed by atoms with E-state index in [1.807, 2.05) is 0 Å². The molecular formula is C18H24N2O7. The molecule has 0 saturated heterocycles. The fourth-order valence-electron chi connectivity index (χ4n) is 4.88.